The van der Waals surface area contributed by atoms with Crippen molar-refractivity contribution in [1.29, 1.82) is 0 Å². The minimum absolute atomic E-state index is 0.245. The summed E-state index contributed by atoms with van der Waals surface area (Å²) in [6, 6.07) is 1.59. The Morgan fingerprint density at radius 2 is 1.94 bits per heavy atom. The van der Waals surface area contributed by atoms with Crippen molar-refractivity contribution in [3.8, 4) is 0 Å². The molecule has 1 rings (SSSR count). The summed E-state index contributed by atoms with van der Waals surface area (Å²) >= 11 is 0. The Morgan fingerprint density at radius 1 is 1.39 bits per heavy atom. The molecule has 6 heteroatoms. The second-order valence-electron chi connectivity index (χ2n) is 3.88. The summed E-state index contributed by atoms with van der Waals surface area (Å²) in [6.07, 6.45) is 4.67. The van der Waals surface area contributed by atoms with Crippen molar-refractivity contribution in [3.63, 3.8) is 0 Å². The van der Waals surface area contributed by atoms with Crippen molar-refractivity contribution >= 4 is 10.0 Å². The van der Waals surface area contributed by atoms with Gasteiger partial charge in [-0.05, 0) is 6.07 Å². The van der Waals surface area contributed by atoms with Crippen LogP contribution >= 0.6 is 0 Å². The lowest BCUT2D eigenvalue weighted by Crippen LogP contribution is -2.31. The molecule has 1 heterocycles. The van der Waals surface area contributed by atoms with E-state index in [0.717, 1.165) is 5.69 Å². The summed E-state index contributed by atoms with van der Waals surface area (Å²) in [5.74, 6) is 0. The molecular formula is C12H19N3O2S. The summed E-state index contributed by atoms with van der Waals surface area (Å²) in [7, 11) is -1.75. The van der Waals surface area contributed by atoms with Gasteiger partial charge in [0.2, 0.25) is 10.0 Å². The van der Waals surface area contributed by atoms with Crippen LogP contribution in [0.3, 0.4) is 0 Å². The third-order valence-electron chi connectivity index (χ3n) is 2.60. The summed E-state index contributed by atoms with van der Waals surface area (Å²) in [6.45, 7) is 7.93. The van der Waals surface area contributed by atoms with E-state index in [0.29, 0.717) is 6.54 Å². The van der Waals surface area contributed by atoms with Crippen molar-refractivity contribution in [2.45, 2.75) is 11.4 Å². The molecule has 0 radical (unpaired) electrons. The molecule has 0 bridgehead atoms. The molecule has 18 heavy (non-hydrogen) atoms. The predicted molar refractivity (Wildman–Crippen MR) is 72.5 cm³/mol. The number of hydrogen-bond donors (Lipinski definition) is 1. The molecule has 100 valence electrons. The largest absolute Gasteiger partial charge is 0.352 e. The number of sulfonamides is 1. The molecule has 0 atom stereocenters. The quantitative estimate of drug-likeness (QED) is 0.746. The van der Waals surface area contributed by atoms with Gasteiger partial charge in [-0.1, -0.05) is 12.2 Å². The van der Waals surface area contributed by atoms with Crippen LogP contribution in [-0.2, 0) is 23.6 Å². The van der Waals surface area contributed by atoms with E-state index < -0.39 is 10.0 Å². The van der Waals surface area contributed by atoms with Gasteiger partial charge >= 0.3 is 0 Å². The van der Waals surface area contributed by atoms with E-state index >= 15 is 0 Å². The Hall–Kier alpha value is -1.37. The van der Waals surface area contributed by atoms with Gasteiger partial charge in [0.15, 0.2) is 0 Å². The zero-order valence-electron chi connectivity index (χ0n) is 10.5. The summed E-state index contributed by atoms with van der Waals surface area (Å²) < 4.78 is 27.8. The fourth-order valence-corrected chi connectivity index (χ4v) is 3.11. The molecule has 0 aliphatic rings. The van der Waals surface area contributed by atoms with E-state index in [-0.39, 0.29) is 18.0 Å². The van der Waals surface area contributed by atoms with E-state index in [1.807, 2.05) is 0 Å². The van der Waals surface area contributed by atoms with Crippen molar-refractivity contribution in [1.82, 2.24) is 8.87 Å². The van der Waals surface area contributed by atoms with Gasteiger partial charge in [-0.3, -0.25) is 0 Å². The summed E-state index contributed by atoms with van der Waals surface area (Å²) in [5, 5.41) is 0. The molecule has 0 spiro atoms. The monoisotopic (exact) mass is 269 g/mol. The maximum atomic E-state index is 12.4. The summed E-state index contributed by atoms with van der Waals surface area (Å²) in [5.41, 5.74) is 6.31. The van der Waals surface area contributed by atoms with Gasteiger partial charge < -0.3 is 10.3 Å². The van der Waals surface area contributed by atoms with Gasteiger partial charge in [-0.15, -0.1) is 13.2 Å². The topological polar surface area (TPSA) is 68.3 Å². The first-order valence-corrected chi connectivity index (χ1v) is 6.98. The lowest BCUT2D eigenvalue weighted by molar-refractivity contribution is 0.474. The standard InChI is InChI=1S/C12H19N3O2S/c1-4-6-15(7-5-2)18(16,17)12-8-11(9-13)14(3)10-12/h4-5,8,10H,1-2,6-7,9,13H2,3H3. The van der Waals surface area contributed by atoms with Crippen molar-refractivity contribution in [2.24, 2.45) is 12.8 Å². The van der Waals surface area contributed by atoms with Crippen LogP contribution in [0.2, 0.25) is 0 Å². The molecule has 1 aromatic heterocycles. The number of nitrogens with two attached hydrogens (primary N) is 1. The van der Waals surface area contributed by atoms with Gasteiger partial charge in [0.05, 0.1) is 0 Å². The molecular weight excluding hydrogens is 250 g/mol. The van der Waals surface area contributed by atoms with Crippen molar-refractivity contribution in [2.75, 3.05) is 13.1 Å². The van der Waals surface area contributed by atoms with Gasteiger partial charge in [-0.2, -0.15) is 4.31 Å². The zero-order valence-corrected chi connectivity index (χ0v) is 11.4. The first-order chi connectivity index (χ1) is 8.47. The van der Waals surface area contributed by atoms with Crippen molar-refractivity contribution in [3.05, 3.63) is 43.3 Å². The highest BCUT2D eigenvalue weighted by Gasteiger charge is 2.24. The zero-order chi connectivity index (χ0) is 13.8. The Balaban J connectivity index is 3.16. The van der Waals surface area contributed by atoms with Crippen LogP contribution in [0.15, 0.2) is 42.5 Å². The summed E-state index contributed by atoms with van der Waals surface area (Å²) in [4.78, 5) is 0.245. The molecule has 0 aliphatic heterocycles. The van der Waals surface area contributed by atoms with Crippen LogP contribution in [0, 0.1) is 0 Å². The van der Waals surface area contributed by atoms with E-state index in [1.54, 1.807) is 36.0 Å². The Morgan fingerprint density at radius 3 is 2.33 bits per heavy atom. The van der Waals surface area contributed by atoms with Crippen LogP contribution < -0.4 is 5.73 Å². The molecule has 0 saturated heterocycles. The average Bonchev–Trinajstić information content (AvgIpc) is 2.71. The smallest absolute Gasteiger partial charge is 0.245 e. The number of aryl methyl sites for hydroxylation is 1. The fourth-order valence-electron chi connectivity index (χ4n) is 1.63. The first kappa shape index (κ1) is 14.7. The Bertz CT molecular complexity index is 522. The van der Waals surface area contributed by atoms with Gasteiger partial charge in [0.1, 0.15) is 4.90 Å². The molecule has 0 aromatic carbocycles. The van der Waals surface area contributed by atoms with E-state index in [1.165, 1.54) is 4.31 Å². The Labute approximate surface area is 108 Å². The molecule has 2 N–H and O–H groups in total. The fraction of sp³-hybridized carbons (Fsp3) is 0.333. The van der Waals surface area contributed by atoms with Gasteiger partial charge in [-0.25, -0.2) is 8.42 Å². The number of hydrogen-bond acceptors (Lipinski definition) is 3. The van der Waals surface area contributed by atoms with Crippen LogP contribution in [0.25, 0.3) is 0 Å². The highest BCUT2D eigenvalue weighted by Crippen LogP contribution is 2.18. The van der Waals surface area contributed by atoms with Crippen LogP contribution in [0.5, 0.6) is 0 Å². The number of nitrogens with zero attached hydrogens (tertiary/aromatic N) is 2. The first-order valence-electron chi connectivity index (χ1n) is 5.54. The van der Waals surface area contributed by atoms with Crippen LogP contribution in [-0.4, -0.2) is 30.4 Å². The van der Waals surface area contributed by atoms with Crippen molar-refractivity contribution < 1.29 is 8.42 Å². The Kier molecular flexibility index (Phi) is 4.89. The second kappa shape index (κ2) is 5.99. The number of aromatic nitrogens is 1. The van der Waals surface area contributed by atoms with E-state index in [2.05, 4.69) is 13.2 Å². The molecule has 0 aliphatic carbocycles. The molecule has 0 fully saturated rings. The lowest BCUT2D eigenvalue weighted by atomic mass is 10.4. The second-order valence-corrected chi connectivity index (χ2v) is 5.82. The highest BCUT2D eigenvalue weighted by atomic mass is 32.2. The normalized spacial score (nSPS) is 11.7. The SMILES string of the molecule is C=CCN(CC=C)S(=O)(=O)c1cc(CN)n(C)c1. The minimum Gasteiger partial charge on any atom is -0.352 e. The highest BCUT2D eigenvalue weighted by molar-refractivity contribution is 7.89. The molecule has 0 saturated carbocycles. The van der Waals surface area contributed by atoms with Crippen LogP contribution in [0.1, 0.15) is 5.69 Å². The van der Waals surface area contributed by atoms with E-state index in [4.69, 9.17) is 5.73 Å². The van der Waals surface area contributed by atoms with Gasteiger partial charge in [0, 0.05) is 38.6 Å². The third kappa shape index (κ3) is 2.90. The third-order valence-corrected chi connectivity index (χ3v) is 4.39. The molecule has 0 amide bonds. The average molecular weight is 269 g/mol. The molecule has 1 aromatic rings. The predicted octanol–water partition coefficient (Wildman–Crippen LogP) is 0.846. The maximum absolute atomic E-state index is 12.4. The lowest BCUT2D eigenvalue weighted by Gasteiger charge is -2.17. The van der Waals surface area contributed by atoms with Crippen LogP contribution in [0.4, 0.5) is 0 Å². The van der Waals surface area contributed by atoms with E-state index in [9.17, 15) is 8.42 Å². The minimum atomic E-state index is -3.52. The molecule has 0 unspecified atom stereocenters. The van der Waals surface area contributed by atoms with Gasteiger partial charge in [0.25, 0.3) is 0 Å². The maximum Gasteiger partial charge on any atom is 0.245 e. The number of rotatable bonds is 7. The molecule has 5 nitrogen and oxygen atoms in total.